The van der Waals surface area contributed by atoms with Crippen molar-refractivity contribution in [2.24, 2.45) is 26.2 Å². The van der Waals surface area contributed by atoms with Crippen molar-refractivity contribution in [2.75, 3.05) is 29.9 Å². The number of aryl methyl sites for hydroxylation is 1. The maximum atomic E-state index is 12.5. The summed E-state index contributed by atoms with van der Waals surface area (Å²) in [6, 6.07) is 26.6. The van der Waals surface area contributed by atoms with Crippen LogP contribution >= 0.6 is 0 Å². The summed E-state index contributed by atoms with van der Waals surface area (Å²) in [7, 11) is -7.14. The van der Waals surface area contributed by atoms with E-state index in [4.69, 9.17) is 15.9 Å². The van der Waals surface area contributed by atoms with E-state index in [2.05, 4.69) is 30.3 Å². The Morgan fingerprint density at radius 3 is 2.15 bits per heavy atom. The van der Waals surface area contributed by atoms with Gasteiger partial charge in [0.25, 0.3) is 0 Å². The minimum absolute atomic E-state index is 0. The van der Waals surface area contributed by atoms with Crippen molar-refractivity contribution in [3.05, 3.63) is 125 Å². The number of nitrogens with two attached hydrogens (primary N) is 1. The van der Waals surface area contributed by atoms with Crippen molar-refractivity contribution in [1.82, 2.24) is 9.78 Å². The summed E-state index contributed by atoms with van der Waals surface area (Å²) in [5.41, 5.74) is 5.72. The molecule has 7 N–H and O–H groups in total. The maximum Gasteiger partial charge on any atom is 1.00 e. The zero-order valence-corrected chi connectivity index (χ0v) is 34.6. The number of para-hydroxylation sites is 1. The molecule has 0 unspecified atom stereocenters. The normalized spacial score (nSPS) is 11.3. The molecular weight excluding hydrogens is 845 g/mol. The number of rotatable bonds is 11. The van der Waals surface area contributed by atoms with Crippen LogP contribution in [-0.4, -0.2) is 78.2 Å². The van der Waals surface area contributed by atoms with Gasteiger partial charge in [-0.25, -0.2) is 31.4 Å². The number of carboxylic acids is 1. The van der Waals surface area contributed by atoms with Crippen molar-refractivity contribution in [3.63, 3.8) is 0 Å². The van der Waals surface area contributed by atoms with Crippen molar-refractivity contribution in [3.8, 4) is 17.2 Å². The van der Waals surface area contributed by atoms with Crippen molar-refractivity contribution >= 4 is 65.0 Å². The molecule has 0 aliphatic rings. The van der Waals surface area contributed by atoms with Gasteiger partial charge < -0.3 is 36.1 Å². The first kappa shape index (κ1) is 47.2. The first-order valence-corrected chi connectivity index (χ1v) is 20.6. The fourth-order valence-electron chi connectivity index (χ4n) is 4.99. The number of sulfonamides is 1. The second-order valence-electron chi connectivity index (χ2n) is 12.0. The van der Waals surface area contributed by atoms with Gasteiger partial charge in [0, 0.05) is 29.3 Å². The number of aliphatic hydroxyl groups is 1. The Hall–Kier alpha value is -6.21. The molecule has 0 amide bonds. The van der Waals surface area contributed by atoms with E-state index >= 15 is 0 Å². The predicted molar refractivity (Wildman–Crippen MR) is 219 cm³/mol. The van der Waals surface area contributed by atoms with Gasteiger partial charge in [0.15, 0.2) is 9.84 Å². The maximum absolute atomic E-state index is 12.5. The molecule has 6 rings (SSSR count). The summed E-state index contributed by atoms with van der Waals surface area (Å²) < 4.78 is 51.2. The number of anilines is 1. The van der Waals surface area contributed by atoms with Crippen LogP contribution in [-0.2, 0) is 37.2 Å². The number of phenolic OH excluding ortho intramolecular Hbond substituents is 2. The SMILES string of the molecule is CCS(=O)(=O)c1ccc(O)c(N=Nc2c(O)ccc3cccc(NS(C)(=O)=O)c23)c1.Cc1nn(-c2ccccc2)c(=O)[c-]1N=Nc1ccccc1C(=O)O.NCCO.[Cr].[H+]. The molecule has 0 saturated heterocycles. The van der Waals surface area contributed by atoms with E-state index in [1.165, 1.54) is 54.1 Å². The minimum atomic E-state index is -3.61. The van der Waals surface area contributed by atoms with Gasteiger partial charge in [0.1, 0.15) is 28.4 Å². The number of carbonyl (C=O) groups is 1. The van der Waals surface area contributed by atoms with Crippen LogP contribution in [0.25, 0.3) is 16.5 Å². The molecule has 0 spiro atoms. The van der Waals surface area contributed by atoms with Crippen LogP contribution in [0.2, 0.25) is 0 Å². The summed E-state index contributed by atoms with van der Waals surface area (Å²) in [4.78, 5) is 23.6. The molecule has 6 aromatic rings. The number of hydrogen-bond donors (Lipinski definition) is 6. The van der Waals surface area contributed by atoms with E-state index < -0.39 is 31.4 Å². The first-order valence-electron chi connectivity index (χ1n) is 17.1. The zero-order valence-electron chi connectivity index (χ0n) is 32.7. The van der Waals surface area contributed by atoms with Gasteiger partial charge in [-0.05, 0) is 60.0 Å². The monoisotopic (exact) mass is 884 g/mol. The standard InChI is InChI=1S/C19H19N3O6S2.C17H13N4O3.C2H7NO.Cr/c1-3-30(27,28)13-8-10-16(23)15(11-13)20-21-19-17(24)9-7-12-5-4-6-14(18(12)19)22-29(2,25)26;1-11-15(16(22)21(20-11)12-7-3-2-4-8-12)19-18-14-10-6-5-9-13(14)17(23)24;3-1-2-4;/h4-11,22-24H,3H2,1-2H3;2-10H,1H3,(H,23,24);4H,1-3H2;/q;-1;;/p+1. The molecule has 5 aromatic carbocycles. The third-order valence-corrected chi connectivity index (χ3v) is 10.1. The van der Waals surface area contributed by atoms with Gasteiger partial charge in [-0.3, -0.25) is 4.72 Å². The molecule has 59 heavy (non-hydrogen) atoms. The van der Waals surface area contributed by atoms with Crippen LogP contribution < -0.4 is 16.0 Å². The number of aromatic nitrogens is 2. The quantitative estimate of drug-likeness (QED) is 0.0622. The number of aromatic hydroxyl groups is 2. The number of sulfone groups is 1. The van der Waals surface area contributed by atoms with Crippen LogP contribution in [0.3, 0.4) is 0 Å². The molecule has 0 aliphatic carbocycles. The Balaban J connectivity index is 0.000000375. The number of benzene rings is 5. The molecular formula is C38H40CrN8O10S2. The van der Waals surface area contributed by atoms with Gasteiger partial charge >= 0.3 is 7.40 Å². The average Bonchev–Trinajstić information content (AvgIpc) is 3.49. The molecule has 0 atom stereocenters. The molecule has 18 nitrogen and oxygen atoms in total. The number of nitrogens with zero attached hydrogens (tertiary/aromatic N) is 6. The third-order valence-electron chi connectivity index (χ3n) is 7.75. The predicted octanol–water partition coefficient (Wildman–Crippen LogP) is 6.25. The molecule has 0 saturated carbocycles. The summed E-state index contributed by atoms with van der Waals surface area (Å²) in [6.07, 6.45) is 0.994. The van der Waals surface area contributed by atoms with E-state index in [9.17, 15) is 36.6 Å². The molecule has 21 heteroatoms. The van der Waals surface area contributed by atoms with Crippen molar-refractivity contribution in [2.45, 2.75) is 18.7 Å². The largest absolute Gasteiger partial charge is 1.00 e. The van der Waals surface area contributed by atoms with E-state index in [1.54, 1.807) is 61.5 Å². The Labute approximate surface area is 351 Å². The van der Waals surface area contributed by atoms with E-state index in [1.807, 2.05) is 6.07 Å². The van der Waals surface area contributed by atoms with Gasteiger partial charge in [-0.1, -0.05) is 68.1 Å². The van der Waals surface area contributed by atoms with Crippen molar-refractivity contribution < 1.29 is 60.8 Å². The van der Waals surface area contributed by atoms with Gasteiger partial charge in [0.05, 0.1) is 46.1 Å². The number of carboxylic acid groups (broad SMARTS) is 1. The second-order valence-corrected chi connectivity index (χ2v) is 16.0. The molecule has 0 aliphatic heterocycles. The number of azo groups is 2. The van der Waals surface area contributed by atoms with E-state index in [0.29, 0.717) is 28.7 Å². The van der Waals surface area contributed by atoms with Gasteiger partial charge in [-0.2, -0.15) is 5.11 Å². The summed E-state index contributed by atoms with van der Waals surface area (Å²) >= 11 is 0. The molecule has 0 fully saturated rings. The van der Waals surface area contributed by atoms with Crippen LogP contribution in [0.4, 0.5) is 28.4 Å². The van der Waals surface area contributed by atoms with E-state index in [0.717, 1.165) is 6.26 Å². The molecule has 1 aromatic heterocycles. The fraction of sp³-hybridized carbons (Fsp3) is 0.158. The Kier molecular flexibility index (Phi) is 16.8. The van der Waals surface area contributed by atoms with Gasteiger partial charge in [-0.15, -0.1) is 15.9 Å². The average molecular weight is 885 g/mol. The molecule has 310 valence electrons. The zero-order chi connectivity index (χ0) is 42.6. The first-order chi connectivity index (χ1) is 27.5. The molecule has 1 heterocycles. The number of aliphatic hydroxyl groups excluding tert-OH is 1. The minimum Gasteiger partial charge on any atom is -0.506 e. The molecule has 0 radical (unpaired) electrons. The Bertz CT molecular complexity index is 2760. The second kappa shape index (κ2) is 21.0. The number of phenols is 2. The summed E-state index contributed by atoms with van der Waals surface area (Å²) in [5, 5.41) is 58.1. The number of aromatic carboxylic acids is 1. The van der Waals surface area contributed by atoms with Gasteiger partial charge in [0.2, 0.25) is 10.0 Å². The number of nitrogens with one attached hydrogen (secondary N) is 1. The summed E-state index contributed by atoms with van der Waals surface area (Å²) in [6.45, 7) is 3.62. The van der Waals surface area contributed by atoms with Crippen molar-refractivity contribution in [1.29, 1.82) is 0 Å². The number of fused-ring (bicyclic) bond motifs is 1. The fourth-order valence-corrected chi connectivity index (χ4v) is 6.45. The number of hydrogen-bond acceptors (Lipinski definition) is 15. The van der Waals surface area contributed by atoms with Crippen LogP contribution in [0.1, 0.15) is 24.4 Å². The van der Waals surface area contributed by atoms with Crippen LogP contribution in [0.5, 0.6) is 11.5 Å². The van der Waals surface area contributed by atoms with Crippen LogP contribution in [0.15, 0.2) is 133 Å². The Morgan fingerprint density at radius 2 is 1.53 bits per heavy atom. The topological polar surface area (TPSA) is 289 Å². The third kappa shape index (κ3) is 12.4. The van der Waals surface area contributed by atoms with E-state index in [-0.39, 0.29) is 81.5 Å². The smallest absolute Gasteiger partial charge is 0.506 e. The molecule has 0 bridgehead atoms. The van der Waals surface area contributed by atoms with Crippen LogP contribution in [0, 0.1) is 6.92 Å². The Morgan fingerprint density at radius 1 is 0.881 bits per heavy atom. The summed E-state index contributed by atoms with van der Waals surface area (Å²) in [5.74, 6) is -1.81.